The number of hydrogen-bond acceptors (Lipinski definition) is 9. The first kappa shape index (κ1) is 30.2. The van der Waals surface area contributed by atoms with Gasteiger partial charge in [0.15, 0.2) is 0 Å². The number of amides is 2. The number of aliphatic hydroxyl groups is 3. The standard InChI is InChI=1S/C25H39N5O7/c1-14(2)8-20(29-24(35)22(33)18(26)11-27-16(12-31)13-32)23(34)30-21(25(36)37-3)9-15-10-28-19-7-5-4-6-17(15)19/h4-7,10,14,16,18,20-22,27-28,31-33H,8-9,11-13,26H2,1-3H3,(H,29,35)(H,30,34)/t18-,20+,21+,22+/m1/s1. The highest BCUT2D eigenvalue weighted by Gasteiger charge is 2.31. The molecule has 1 aromatic heterocycles. The third-order valence-electron chi connectivity index (χ3n) is 6.00. The molecular weight excluding hydrogens is 482 g/mol. The maximum absolute atomic E-state index is 13.2. The number of aromatic nitrogens is 1. The summed E-state index contributed by atoms with van der Waals surface area (Å²) in [4.78, 5) is 41.5. The Hall–Kier alpha value is -3.03. The minimum absolute atomic E-state index is 0.00333. The first-order chi connectivity index (χ1) is 17.6. The van der Waals surface area contributed by atoms with Gasteiger partial charge in [0.05, 0.1) is 32.4 Å². The molecule has 37 heavy (non-hydrogen) atoms. The van der Waals surface area contributed by atoms with Gasteiger partial charge in [-0.25, -0.2) is 4.79 Å². The zero-order valence-electron chi connectivity index (χ0n) is 21.4. The lowest BCUT2D eigenvalue weighted by Crippen LogP contribution is -2.58. The van der Waals surface area contributed by atoms with Crippen LogP contribution in [0.5, 0.6) is 0 Å². The van der Waals surface area contributed by atoms with Gasteiger partial charge < -0.3 is 46.7 Å². The molecule has 0 aliphatic heterocycles. The average Bonchev–Trinajstić information content (AvgIpc) is 3.29. The number of nitrogens with one attached hydrogen (secondary N) is 4. The number of aliphatic hydroxyl groups excluding tert-OH is 3. The summed E-state index contributed by atoms with van der Waals surface area (Å²) in [5.74, 6) is -2.09. The maximum atomic E-state index is 13.2. The normalized spacial score (nSPS) is 14.8. The Kier molecular flexibility index (Phi) is 12.0. The number of aromatic amines is 1. The number of carbonyl (C=O) groups excluding carboxylic acids is 3. The summed E-state index contributed by atoms with van der Waals surface area (Å²) in [6.07, 6.45) is 0.524. The van der Waals surface area contributed by atoms with Gasteiger partial charge in [0.25, 0.3) is 5.91 Å². The molecule has 0 fully saturated rings. The van der Waals surface area contributed by atoms with Gasteiger partial charge >= 0.3 is 5.97 Å². The summed E-state index contributed by atoms with van der Waals surface area (Å²) in [6, 6.07) is 3.81. The van der Waals surface area contributed by atoms with Crippen LogP contribution in [-0.2, 0) is 25.5 Å². The molecule has 0 aliphatic carbocycles. The van der Waals surface area contributed by atoms with Crippen LogP contribution in [-0.4, -0.2) is 95.2 Å². The number of H-pyrrole nitrogens is 1. The van der Waals surface area contributed by atoms with E-state index >= 15 is 0 Å². The summed E-state index contributed by atoms with van der Waals surface area (Å²) >= 11 is 0. The number of para-hydroxylation sites is 1. The van der Waals surface area contributed by atoms with Crippen molar-refractivity contribution < 1.29 is 34.4 Å². The smallest absolute Gasteiger partial charge is 0.328 e. The minimum Gasteiger partial charge on any atom is -0.467 e. The Bertz CT molecular complexity index is 1020. The van der Waals surface area contributed by atoms with Crippen molar-refractivity contribution in [2.24, 2.45) is 11.7 Å². The molecule has 1 heterocycles. The number of hydrogen-bond donors (Lipinski definition) is 8. The molecule has 0 saturated carbocycles. The number of nitrogens with two attached hydrogens (primary N) is 1. The molecule has 4 atom stereocenters. The van der Waals surface area contributed by atoms with E-state index in [1.54, 1.807) is 6.20 Å². The van der Waals surface area contributed by atoms with E-state index in [1.807, 2.05) is 38.1 Å². The zero-order chi connectivity index (χ0) is 27.5. The fourth-order valence-corrected chi connectivity index (χ4v) is 3.88. The minimum atomic E-state index is -1.66. The van der Waals surface area contributed by atoms with E-state index in [0.717, 1.165) is 16.5 Å². The Labute approximate surface area is 215 Å². The molecule has 0 bridgehead atoms. The Morgan fingerprint density at radius 2 is 1.70 bits per heavy atom. The third-order valence-corrected chi connectivity index (χ3v) is 6.00. The topological polar surface area (TPSA) is 199 Å². The van der Waals surface area contributed by atoms with Gasteiger partial charge in [0, 0.05) is 30.1 Å². The second-order valence-corrected chi connectivity index (χ2v) is 9.42. The van der Waals surface area contributed by atoms with Gasteiger partial charge in [-0.3, -0.25) is 9.59 Å². The van der Waals surface area contributed by atoms with Crippen molar-refractivity contribution in [2.75, 3.05) is 26.9 Å². The number of carbonyl (C=O) groups is 3. The van der Waals surface area contributed by atoms with Crippen LogP contribution in [0.25, 0.3) is 10.9 Å². The van der Waals surface area contributed by atoms with Gasteiger partial charge in [-0.15, -0.1) is 0 Å². The molecule has 1 aromatic carbocycles. The van der Waals surface area contributed by atoms with E-state index in [2.05, 4.69) is 20.9 Å². The predicted molar refractivity (Wildman–Crippen MR) is 137 cm³/mol. The summed E-state index contributed by atoms with van der Waals surface area (Å²) in [5, 5.41) is 37.5. The highest BCUT2D eigenvalue weighted by molar-refractivity contribution is 5.92. The van der Waals surface area contributed by atoms with Crippen LogP contribution < -0.4 is 21.7 Å². The van der Waals surface area contributed by atoms with Crippen LogP contribution in [0.3, 0.4) is 0 Å². The van der Waals surface area contributed by atoms with Crippen LogP contribution in [0.2, 0.25) is 0 Å². The molecule has 9 N–H and O–H groups in total. The van der Waals surface area contributed by atoms with Gasteiger partial charge in [-0.2, -0.15) is 0 Å². The molecule has 2 amide bonds. The first-order valence-corrected chi connectivity index (χ1v) is 12.2. The Morgan fingerprint density at radius 1 is 1.05 bits per heavy atom. The summed E-state index contributed by atoms with van der Waals surface area (Å²) in [5.41, 5.74) is 7.59. The van der Waals surface area contributed by atoms with Crippen molar-refractivity contribution in [3.05, 3.63) is 36.0 Å². The lowest BCUT2D eigenvalue weighted by molar-refractivity contribution is -0.145. The molecule has 2 aromatic rings. The molecule has 12 heteroatoms. The van der Waals surface area contributed by atoms with E-state index in [-0.39, 0.29) is 38.5 Å². The molecule has 0 aliphatic rings. The summed E-state index contributed by atoms with van der Waals surface area (Å²) in [6.45, 7) is 2.99. The molecule has 0 radical (unpaired) electrons. The Balaban J connectivity index is 2.11. The molecule has 2 rings (SSSR count). The van der Waals surface area contributed by atoms with Crippen LogP contribution in [0.4, 0.5) is 0 Å². The largest absolute Gasteiger partial charge is 0.467 e. The van der Waals surface area contributed by atoms with Crippen molar-refractivity contribution in [3.63, 3.8) is 0 Å². The lowest BCUT2D eigenvalue weighted by atomic mass is 10.0. The quantitative estimate of drug-likeness (QED) is 0.129. The molecule has 0 saturated heterocycles. The van der Waals surface area contributed by atoms with Crippen molar-refractivity contribution in [3.8, 4) is 0 Å². The second kappa shape index (κ2) is 14.6. The van der Waals surface area contributed by atoms with E-state index in [4.69, 9.17) is 20.7 Å². The number of benzene rings is 1. The highest BCUT2D eigenvalue weighted by atomic mass is 16.5. The van der Waals surface area contributed by atoms with Gasteiger partial charge in [0.1, 0.15) is 18.2 Å². The number of fused-ring (bicyclic) bond motifs is 1. The van der Waals surface area contributed by atoms with Gasteiger partial charge in [-0.05, 0) is 24.0 Å². The van der Waals surface area contributed by atoms with Crippen molar-refractivity contribution in [1.82, 2.24) is 20.9 Å². The highest BCUT2D eigenvalue weighted by Crippen LogP contribution is 2.19. The fourth-order valence-electron chi connectivity index (χ4n) is 3.88. The second-order valence-electron chi connectivity index (χ2n) is 9.42. The maximum Gasteiger partial charge on any atom is 0.328 e. The van der Waals surface area contributed by atoms with Gasteiger partial charge in [-0.1, -0.05) is 32.0 Å². The predicted octanol–water partition coefficient (Wildman–Crippen LogP) is -1.47. The number of ether oxygens (including phenoxy) is 1. The van der Waals surface area contributed by atoms with Gasteiger partial charge in [0.2, 0.25) is 5.91 Å². The average molecular weight is 522 g/mol. The molecule has 0 unspecified atom stereocenters. The summed E-state index contributed by atoms with van der Waals surface area (Å²) < 4.78 is 4.90. The lowest BCUT2D eigenvalue weighted by Gasteiger charge is -2.26. The third kappa shape index (κ3) is 8.79. The van der Waals surface area contributed by atoms with Crippen LogP contribution in [0.15, 0.2) is 30.5 Å². The van der Waals surface area contributed by atoms with Crippen LogP contribution in [0.1, 0.15) is 25.8 Å². The molecule has 0 spiro atoms. The zero-order valence-corrected chi connectivity index (χ0v) is 21.4. The molecule has 12 nitrogen and oxygen atoms in total. The van der Waals surface area contributed by atoms with Crippen LogP contribution >= 0.6 is 0 Å². The SMILES string of the molecule is COC(=O)[C@H](Cc1c[nH]c2ccccc12)NC(=O)[C@H](CC(C)C)NC(=O)[C@@H](O)[C@H](N)CNC(CO)CO. The first-order valence-electron chi connectivity index (χ1n) is 12.2. The molecular formula is C25H39N5O7. The van der Waals surface area contributed by atoms with Crippen molar-refractivity contribution in [1.29, 1.82) is 0 Å². The fraction of sp³-hybridized carbons (Fsp3) is 0.560. The summed E-state index contributed by atoms with van der Waals surface area (Å²) in [7, 11) is 1.23. The van der Waals surface area contributed by atoms with Crippen molar-refractivity contribution in [2.45, 2.75) is 57.0 Å². The van der Waals surface area contributed by atoms with Crippen LogP contribution in [0, 0.1) is 5.92 Å². The number of rotatable bonds is 15. The number of esters is 1. The van der Waals surface area contributed by atoms with E-state index < -0.39 is 48.1 Å². The van der Waals surface area contributed by atoms with Crippen molar-refractivity contribution >= 4 is 28.7 Å². The van der Waals surface area contributed by atoms with E-state index in [0.29, 0.717) is 0 Å². The molecule has 206 valence electrons. The van der Waals surface area contributed by atoms with E-state index in [1.165, 1.54) is 7.11 Å². The Morgan fingerprint density at radius 3 is 2.32 bits per heavy atom. The monoisotopic (exact) mass is 521 g/mol. The number of methoxy groups -OCH3 is 1. The van der Waals surface area contributed by atoms with E-state index in [9.17, 15) is 19.5 Å².